The van der Waals surface area contributed by atoms with Gasteiger partial charge in [-0.1, -0.05) is 0 Å². The number of rotatable bonds is 1. The largest absolute Gasteiger partial charge is 1.00 e. The van der Waals surface area contributed by atoms with Gasteiger partial charge in [0.25, 0.3) is 0 Å². The molecule has 0 radical (unpaired) electrons. The normalized spacial score (nSPS) is 9.31. The Morgan fingerprint density at radius 1 is 1.46 bits per heavy atom. The summed E-state index contributed by atoms with van der Waals surface area (Å²) in [6.07, 6.45) is 7.14. The molecule has 0 unspecified atom stereocenters. The van der Waals surface area contributed by atoms with Gasteiger partial charge in [0.1, 0.15) is 18.9 Å². The lowest BCUT2D eigenvalue weighted by Crippen LogP contribution is -3.00. The summed E-state index contributed by atoms with van der Waals surface area (Å²) in [7, 11) is 1.96. The second-order valence-electron chi connectivity index (χ2n) is 2.60. The Morgan fingerprint density at radius 3 is 2.92 bits per heavy atom. The summed E-state index contributed by atoms with van der Waals surface area (Å²) >= 11 is 0. The van der Waals surface area contributed by atoms with Crippen LogP contribution in [0.3, 0.4) is 0 Å². The van der Waals surface area contributed by atoms with E-state index in [1.165, 1.54) is 0 Å². The Labute approximate surface area is 93.4 Å². The third kappa shape index (κ3) is 2.27. The topological polar surface area (TPSA) is 29.9 Å². The predicted octanol–water partition coefficient (Wildman–Crippen LogP) is -1.83. The van der Waals surface area contributed by atoms with Crippen molar-refractivity contribution in [2.45, 2.75) is 0 Å². The number of aryl methyl sites for hydroxylation is 1. The molecule has 0 fully saturated rings. The minimum Gasteiger partial charge on any atom is -1.00 e. The summed E-state index contributed by atoms with van der Waals surface area (Å²) in [6.45, 7) is 0. The molecule has 13 heavy (non-hydrogen) atoms. The second-order valence-corrected chi connectivity index (χ2v) is 2.60. The summed E-state index contributed by atoms with van der Waals surface area (Å²) in [5.41, 5.74) is 0.991. The molecule has 0 amide bonds. The van der Waals surface area contributed by atoms with Gasteiger partial charge in [-0.25, -0.2) is 9.55 Å². The molecule has 2 rings (SSSR count). The van der Waals surface area contributed by atoms with Gasteiger partial charge in [-0.3, -0.25) is 0 Å². The monoisotopic (exact) mass is 288 g/mol. The Hall–Kier alpha value is -0.910. The highest BCUT2D eigenvalue weighted by Crippen LogP contribution is 2.13. The highest BCUT2D eigenvalue weighted by molar-refractivity contribution is 5.49. The lowest BCUT2D eigenvalue weighted by Gasteiger charge is -1.91. The van der Waals surface area contributed by atoms with Gasteiger partial charge >= 0.3 is 0 Å². The lowest BCUT2D eigenvalue weighted by molar-refractivity contribution is -0.671. The average molecular weight is 288 g/mol. The molecule has 4 heteroatoms. The van der Waals surface area contributed by atoms with Gasteiger partial charge in [0.05, 0.1) is 6.20 Å². The Kier molecular flexibility index (Phi) is 3.41. The molecule has 0 bridgehead atoms. The Bertz CT molecular complexity index is 373. The first-order chi connectivity index (χ1) is 5.86. The molecule has 0 spiro atoms. The van der Waals surface area contributed by atoms with Crippen LogP contribution in [0.25, 0.3) is 11.5 Å². The van der Waals surface area contributed by atoms with Crippen molar-refractivity contribution >= 4 is 0 Å². The predicted molar refractivity (Wildman–Crippen MR) is 43.1 cm³/mol. The summed E-state index contributed by atoms with van der Waals surface area (Å²) < 4.78 is 7.11. The van der Waals surface area contributed by atoms with Crippen molar-refractivity contribution in [3.63, 3.8) is 0 Å². The number of aromatic nitrogens is 2. The van der Waals surface area contributed by atoms with E-state index in [0.717, 1.165) is 5.56 Å². The third-order valence-electron chi connectivity index (χ3n) is 1.62. The first-order valence-corrected chi connectivity index (χ1v) is 3.71. The van der Waals surface area contributed by atoms with Crippen molar-refractivity contribution in [1.29, 1.82) is 0 Å². The van der Waals surface area contributed by atoms with Crippen LogP contribution in [0.2, 0.25) is 0 Å². The molecular formula is C9H9IN2O. The first kappa shape index (κ1) is 10.2. The summed E-state index contributed by atoms with van der Waals surface area (Å²) in [6, 6.07) is 3.92. The maximum Gasteiger partial charge on any atom is 0.231 e. The van der Waals surface area contributed by atoms with Crippen molar-refractivity contribution in [2.75, 3.05) is 0 Å². The molecule has 2 aromatic rings. The maximum atomic E-state index is 5.15. The van der Waals surface area contributed by atoms with Crippen LogP contribution in [-0.2, 0) is 7.05 Å². The molecule has 0 aromatic carbocycles. The molecule has 0 N–H and O–H groups in total. The number of nitrogens with zero attached hydrogens (tertiary/aromatic N) is 2. The zero-order valence-corrected chi connectivity index (χ0v) is 9.30. The lowest BCUT2D eigenvalue weighted by atomic mass is 10.3. The zero-order valence-electron chi connectivity index (χ0n) is 7.14. The van der Waals surface area contributed by atoms with Crippen LogP contribution in [-0.4, -0.2) is 4.98 Å². The van der Waals surface area contributed by atoms with Crippen LogP contribution < -0.4 is 28.5 Å². The molecule has 0 saturated carbocycles. The number of halogens is 1. The van der Waals surface area contributed by atoms with Crippen LogP contribution in [0.5, 0.6) is 0 Å². The Morgan fingerprint density at radius 2 is 2.31 bits per heavy atom. The van der Waals surface area contributed by atoms with E-state index < -0.39 is 0 Å². The van der Waals surface area contributed by atoms with Gasteiger partial charge in [-0.2, -0.15) is 0 Å². The van der Waals surface area contributed by atoms with E-state index in [0.29, 0.717) is 5.89 Å². The van der Waals surface area contributed by atoms with E-state index in [1.807, 2.05) is 36.1 Å². The summed E-state index contributed by atoms with van der Waals surface area (Å²) in [5, 5.41) is 0. The minimum atomic E-state index is 0. The molecule has 0 aliphatic heterocycles. The van der Waals surface area contributed by atoms with E-state index in [-0.39, 0.29) is 24.0 Å². The van der Waals surface area contributed by atoms with Gasteiger partial charge in [0.15, 0.2) is 12.4 Å². The molecule has 68 valence electrons. The van der Waals surface area contributed by atoms with Crippen LogP contribution >= 0.6 is 0 Å². The number of oxazole rings is 1. The van der Waals surface area contributed by atoms with Crippen molar-refractivity contribution in [2.24, 2.45) is 7.05 Å². The minimum absolute atomic E-state index is 0. The van der Waals surface area contributed by atoms with Gasteiger partial charge < -0.3 is 28.4 Å². The van der Waals surface area contributed by atoms with Crippen LogP contribution in [0, 0.1) is 0 Å². The average Bonchev–Trinajstić information content (AvgIpc) is 2.56. The van der Waals surface area contributed by atoms with Crippen molar-refractivity contribution in [3.8, 4) is 11.5 Å². The fraction of sp³-hybridized carbons (Fsp3) is 0.111. The standard InChI is InChI=1S/C9H9N2O.HI/c1-11-5-2-3-8(7-11)9-10-4-6-12-9;/h2-7H,1H3;1H/q+1;/p-1. The second kappa shape index (κ2) is 4.36. The molecule has 0 atom stereocenters. The smallest absolute Gasteiger partial charge is 0.231 e. The maximum absolute atomic E-state index is 5.15. The van der Waals surface area contributed by atoms with Gasteiger partial charge in [-0.15, -0.1) is 0 Å². The molecule has 0 saturated heterocycles. The third-order valence-corrected chi connectivity index (χ3v) is 1.62. The van der Waals surface area contributed by atoms with Gasteiger partial charge in [-0.05, 0) is 6.07 Å². The molecule has 0 aliphatic rings. The van der Waals surface area contributed by atoms with E-state index in [4.69, 9.17) is 4.42 Å². The SMILES string of the molecule is C[n+]1cccc(-c2ncco2)c1.[I-]. The first-order valence-electron chi connectivity index (χ1n) is 3.71. The summed E-state index contributed by atoms with van der Waals surface area (Å²) in [5.74, 6) is 0.659. The molecular weight excluding hydrogens is 279 g/mol. The van der Waals surface area contributed by atoms with Crippen LogP contribution in [0.1, 0.15) is 0 Å². The number of hydrogen-bond acceptors (Lipinski definition) is 2. The highest BCUT2D eigenvalue weighted by Gasteiger charge is 2.04. The molecule has 3 nitrogen and oxygen atoms in total. The van der Waals surface area contributed by atoms with E-state index in [9.17, 15) is 0 Å². The van der Waals surface area contributed by atoms with Crippen molar-refractivity contribution < 1.29 is 33.0 Å². The van der Waals surface area contributed by atoms with Gasteiger partial charge in [0.2, 0.25) is 5.89 Å². The van der Waals surface area contributed by atoms with Gasteiger partial charge in [0, 0.05) is 6.07 Å². The molecule has 0 aliphatic carbocycles. The fourth-order valence-corrected chi connectivity index (χ4v) is 1.08. The molecule has 2 heterocycles. The zero-order chi connectivity index (χ0) is 8.39. The summed E-state index contributed by atoms with van der Waals surface area (Å²) in [4.78, 5) is 4.05. The molecule has 2 aromatic heterocycles. The van der Waals surface area contributed by atoms with E-state index in [2.05, 4.69) is 4.98 Å². The number of pyridine rings is 1. The fourth-order valence-electron chi connectivity index (χ4n) is 1.08. The van der Waals surface area contributed by atoms with E-state index in [1.54, 1.807) is 12.5 Å². The Balaban J connectivity index is 0.000000845. The quantitative estimate of drug-likeness (QED) is 0.456. The number of hydrogen-bond donors (Lipinski definition) is 0. The van der Waals surface area contributed by atoms with E-state index >= 15 is 0 Å². The van der Waals surface area contributed by atoms with Crippen LogP contribution in [0.15, 0.2) is 41.4 Å². The van der Waals surface area contributed by atoms with Crippen molar-refractivity contribution in [3.05, 3.63) is 37.0 Å². The van der Waals surface area contributed by atoms with Crippen molar-refractivity contribution in [1.82, 2.24) is 4.98 Å². The highest BCUT2D eigenvalue weighted by atomic mass is 127. The van der Waals surface area contributed by atoms with Crippen LogP contribution in [0.4, 0.5) is 0 Å².